The summed E-state index contributed by atoms with van der Waals surface area (Å²) >= 11 is 0. The minimum absolute atomic E-state index is 0.0481. The summed E-state index contributed by atoms with van der Waals surface area (Å²) < 4.78 is 26.5. The van der Waals surface area contributed by atoms with Crippen LogP contribution in [-0.4, -0.2) is 11.0 Å². The molecule has 1 aliphatic carbocycles. The number of nitrogens with one attached hydrogen (secondary N) is 1. The molecule has 1 aliphatic rings. The van der Waals surface area contributed by atoms with Gasteiger partial charge in [0, 0.05) is 12.1 Å². The standard InChI is InChI=1S/C13H19F2N3/c1-8(9-5-3-2-4-6-9)17-13-11(15)7-10(14)12(16)18-13/h7-9H,2-6H2,1H3,(H3,16,17,18). The molecule has 1 saturated carbocycles. The van der Waals surface area contributed by atoms with E-state index in [1.165, 1.54) is 19.3 Å². The maximum atomic E-state index is 13.5. The summed E-state index contributed by atoms with van der Waals surface area (Å²) in [5, 5.41) is 3.02. The van der Waals surface area contributed by atoms with E-state index in [1.54, 1.807) is 0 Å². The molecule has 3 nitrogen and oxygen atoms in total. The predicted octanol–water partition coefficient (Wildman–Crippen LogP) is 3.32. The molecule has 0 aromatic carbocycles. The van der Waals surface area contributed by atoms with Crippen molar-refractivity contribution in [3.63, 3.8) is 0 Å². The Morgan fingerprint density at radius 2 is 1.94 bits per heavy atom. The second-order valence-electron chi connectivity index (χ2n) is 5.02. The van der Waals surface area contributed by atoms with Crippen molar-refractivity contribution in [2.45, 2.75) is 45.1 Å². The van der Waals surface area contributed by atoms with Crippen LogP contribution >= 0.6 is 0 Å². The van der Waals surface area contributed by atoms with Crippen LogP contribution in [0, 0.1) is 17.6 Å². The first kappa shape index (κ1) is 13.1. The van der Waals surface area contributed by atoms with Gasteiger partial charge in [-0.1, -0.05) is 19.3 Å². The number of anilines is 2. The number of nitrogen functional groups attached to an aromatic ring is 1. The van der Waals surface area contributed by atoms with Crippen LogP contribution in [0.5, 0.6) is 0 Å². The third-order valence-corrected chi connectivity index (χ3v) is 3.68. The Balaban J connectivity index is 2.06. The Morgan fingerprint density at radius 1 is 1.28 bits per heavy atom. The first-order chi connectivity index (χ1) is 8.58. The third kappa shape index (κ3) is 2.89. The number of aromatic nitrogens is 1. The van der Waals surface area contributed by atoms with Gasteiger partial charge in [-0.05, 0) is 25.7 Å². The average molecular weight is 255 g/mol. The number of nitrogens with zero attached hydrogens (tertiary/aromatic N) is 1. The van der Waals surface area contributed by atoms with E-state index in [4.69, 9.17) is 5.73 Å². The minimum atomic E-state index is -0.816. The molecule has 0 spiro atoms. The molecule has 18 heavy (non-hydrogen) atoms. The number of nitrogens with two attached hydrogens (primary N) is 1. The van der Waals surface area contributed by atoms with Gasteiger partial charge in [-0.15, -0.1) is 0 Å². The third-order valence-electron chi connectivity index (χ3n) is 3.68. The van der Waals surface area contributed by atoms with Gasteiger partial charge >= 0.3 is 0 Å². The van der Waals surface area contributed by atoms with Crippen molar-refractivity contribution in [2.24, 2.45) is 5.92 Å². The monoisotopic (exact) mass is 255 g/mol. The lowest BCUT2D eigenvalue weighted by molar-refractivity contribution is 0.327. The lowest BCUT2D eigenvalue weighted by Gasteiger charge is -2.28. The van der Waals surface area contributed by atoms with Crippen molar-refractivity contribution in [2.75, 3.05) is 11.1 Å². The van der Waals surface area contributed by atoms with Crippen LogP contribution in [0.1, 0.15) is 39.0 Å². The number of halogens is 2. The van der Waals surface area contributed by atoms with E-state index in [0.29, 0.717) is 5.92 Å². The number of hydrogen-bond acceptors (Lipinski definition) is 3. The molecule has 0 amide bonds. The Labute approximate surface area is 106 Å². The van der Waals surface area contributed by atoms with Gasteiger partial charge in [0.2, 0.25) is 0 Å². The maximum absolute atomic E-state index is 13.5. The molecule has 1 unspecified atom stereocenters. The van der Waals surface area contributed by atoms with Crippen LogP contribution in [0.25, 0.3) is 0 Å². The van der Waals surface area contributed by atoms with E-state index in [0.717, 1.165) is 18.9 Å². The van der Waals surface area contributed by atoms with Crippen molar-refractivity contribution in [1.29, 1.82) is 0 Å². The van der Waals surface area contributed by atoms with Crippen LogP contribution in [0.3, 0.4) is 0 Å². The second kappa shape index (κ2) is 5.50. The fourth-order valence-electron chi connectivity index (χ4n) is 2.55. The SMILES string of the molecule is CC(Nc1nc(N)c(F)cc1F)C1CCCCC1. The summed E-state index contributed by atoms with van der Waals surface area (Å²) in [4.78, 5) is 3.72. The fourth-order valence-corrected chi connectivity index (χ4v) is 2.55. The first-order valence-corrected chi connectivity index (χ1v) is 6.46. The van der Waals surface area contributed by atoms with Crippen molar-refractivity contribution in [1.82, 2.24) is 4.98 Å². The zero-order valence-corrected chi connectivity index (χ0v) is 10.5. The summed E-state index contributed by atoms with van der Waals surface area (Å²) in [6.07, 6.45) is 6.01. The summed E-state index contributed by atoms with van der Waals surface area (Å²) in [6.45, 7) is 2.01. The van der Waals surface area contributed by atoms with E-state index < -0.39 is 11.6 Å². The van der Waals surface area contributed by atoms with Crippen LogP contribution in [-0.2, 0) is 0 Å². The lowest BCUT2D eigenvalue weighted by atomic mass is 9.84. The highest BCUT2D eigenvalue weighted by molar-refractivity contribution is 5.45. The summed E-state index contributed by atoms with van der Waals surface area (Å²) in [5.41, 5.74) is 5.35. The normalized spacial score (nSPS) is 18.6. The second-order valence-corrected chi connectivity index (χ2v) is 5.02. The van der Waals surface area contributed by atoms with E-state index in [-0.39, 0.29) is 17.7 Å². The fraction of sp³-hybridized carbons (Fsp3) is 0.615. The number of pyridine rings is 1. The molecule has 3 N–H and O–H groups in total. The van der Waals surface area contributed by atoms with Crippen molar-refractivity contribution < 1.29 is 8.78 Å². The van der Waals surface area contributed by atoms with E-state index in [2.05, 4.69) is 10.3 Å². The van der Waals surface area contributed by atoms with Crippen molar-refractivity contribution >= 4 is 11.6 Å². The van der Waals surface area contributed by atoms with E-state index in [1.807, 2.05) is 6.92 Å². The van der Waals surface area contributed by atoms with Gasteiger partial charge < -0.3 is 11.1 Å². The van der Waals surface area contributed by atoms with Gasteiger partial charge in [0.05, 0.1) is 0 Å². The van der Waals surface area contributed by atoms with Gasteiger partial charge in [0.15, 0.2) is 23.3 Å². The average Bonchev–Trinajstić information content (AvgIpc) is 2.37. The van der Waals surface area contributed by atoms with Crippen LogP contribution < -0.4 is 11.1 Å². The molecule has 100 valence electrons. The summed E-state index contributed by atoms with van der Waals surface area (Å²) in [5.74, 6) is -1.21. The molecule has 2 rings (SSSR count). The highest BCUT2D eigenvalue weighted by Gasteiger charge is 2.21. The Morgan fingerprint density at radius 3 is 2.61 bits per heavy atom. The predicted molar refractivity (Wildman–Crippen MR) is 68.2 cm³/mol. The molecule has 1 fully saturated rings. The van der Waals surface area contributed by atoms with Crippen LogP contribution in [0.15, 0.2) is 6.07 Å². The Bertz CT molecular complexity index is 417. The maximum Gasteiger partial charge on any atom is 0.168 e. The summed E-state index contributed by atoms with van der Waals surface area (Å²) in [6, 6.07) is 0.898. The van der Waals surface area contributed by atoms with Gasteiger partial charge in [-0.3, -0.25) is 0 Å². The highest BCUT2D eigenvalue weighted by Crippen LogP contribution is 2.28. The topological polar surface area (TPSA) is 50.9 Å². The van der Waals surface area contributed by atoms with Gasteiger partial charge in [0.1, 0.15) is 0 Å². The zero-order valence-electron chi connectivity index (χ0n) is 10.5. The quantitative estimate of drug-likeness (QED) is 0.871. The van der Waals surface area contributed by atoms with Crippen LogP contribution in [0.4, 0.5) is 20.4 Å². The smallest absolute Gasteiger partial charge is 0.168 e. The number of hydrogen-bond donors (Lipinski definition) is 2. The van der Waals surface area contributed by atoms with E-state index >= 15 is 0 Å². The van der Waals surface area contributed by atoms with Crippen molar-refractivity contribution in [3.8, 4) is 0 Å². The largest absolute Gasteiger partial charge is 0.381 e. The molecule has 1 aromatic heterocycles. The summed E-state index contributed by atoms with van der Waals surface area (Å²) in [7, 11) is 0. The van der Waals surface area contributed by atoms with Crippen molar-refractivity contribution in [3.05, 3.63) is 17.7 Å². The molecule has 1 aromatic rings. The van der Waals surface area contributed by atoms with Gasteiger partial charge in [-0.25, -0.2) is 13.8 Å². The molecule has 1 heterocycles. The Kier molecular flexibility index (Phi) is 3.99. The molecule has 0 radical (unpaired) electrons. The highest BCUT2D eigenvalue weighted by atomic mass is 19.1. The molecule has 5 heteroatoms. The molecule has 0 bridgehead atoms. The molecule has 0 aliphatic heterocycles. The van der Waals surface area contributed by atoms with Crippen LogP contribution in [0.2, 0.25) is 0 Å². The molecular formula is C13H19F2N3. The van der Waals surface area contributed by atoms with Gasteiger partial charge in [0.25, 0.3) is 0 Å². The molecule has 0 saturated heterocycles. The molecule has 1 atom stereocenters. The number of rotatable bonds is 3. The Hall–Kier alpha value is -1.39. The van der Waals surface area contributed by atoms with Gasteiger partial charge in [-0.2, -0.15) is 0 Å². The molecular weight excluding hydrogens is 236 g/mol. The minimum Gasteiger partial charge on any atom is -0.381 e. The zero-order chi connectivity index (χ0) is 13.1. The first-order valence-electron chi connectivity index (χ1n) is 6.46. The van der Waals surface area contributed by atoms with E-state index in [9.17, 15) is 8.78 Å². The lowest BCUT2D eigenvalue weighted by Crippen LogP contribution is -2.28.